The summed E-state index contributed by atoms with van der Waals surface area (Å²) in [5, 5.41) is 1.02. The highest BCUT2D eigenvalue weighted by Gasteiger charge is 1.98. The first-order valence-electron chi connectivity index (χ1n) is 6.89. The third kappa shape index (κ3) is 3.35. The van der Waals surface area contributed by atoms with Gasteiger partial charge in [0.2, 0.25) is 0 Å². The topological polar surface area (TPSA) is 52.1 Å². The Morgan fingerprint density at radius 3 is 2.59 bits per heavy atom. The summed E-state index contributed by atoms with van der Waals surface area (Å²) in [4.78, 5) is 19.7. The lowest BCUT2D eigenvalue weighted by Gasteiger charge is -2.01. The molecule has 1 aromatic heterocycles. The van der Waals surface area contributed by atoms with Crippen LogP contribution in [-0.4, -0.2) is 15.9 Å². The van der Waals surface area contributed by atoms with Gasteiger partial charge in [0.25, 0.3) is 0 Å². The first kappa shape index (κ1) is 13.9. The standard InChI is InChI=1S/C18H14N2O2/c1-13(21)22-16-9-6-14(7-10-16)8-11-18-19-12-15-4-2-3-5-17(15)20-18/h2-12H,1H3/b11-8+. The number of hydrogen-bond acceptors (Lipinski definition) is 4. The number of esters is 1. The van der Waals surface area contributed by atoms with E-state index in [1.165, 1.54) is 6.92 Å². The van der Waals surface area contributed by atoms with E-state index in [0.29, 0.717) is 11.6 Å². The first-order chi connectivity index (χ1) is 10.7. The van der Waals surface area contributed by atoms with Gasteiger partial charge in [0, 0.05) is 18.5 Å². The van der Waals surface area contributed by atoms with Crippen LogP contribution < -0.4 is 4.74 Å². The quantitative estimate of drug-likeness (QED) is 0.545. The van der Waals surface area contributed by atoms with Crippen molar-refractivity contribution in [2.45, 2.75) is 6.92 Å². The van der Waals surface area contributed by atoms with Gasteiger partial charge >= 0.3 is 5.97 Å². The predicted molar refractivity (Wildman–Crippen MR) is 86.2 cm³/mol. The molecular formula is C18H14N2O2. The molecule has 22 heavy (non-hydrogen) atoms. The molecule has 4 heteroatoms. The molecule has 0 aliphatic rings. The molecule has 0 amide bonds. The Morgan fingerprint density at radius 2 is 1.82 bits per heavy atom. The van der Waals surface area contributed by atoms with E-state index >= 15 is 0 Å². The van der Waals surface area contributed by atoms with E-state index in [1.54, 1.807) is 12.1 Å². The van der Waals surface area contributed by atoms with Crippen molar-refractivity contribution in [3.63, 3.8) is 0 Å². The molecule has 0 bridgehead atoms. The van der Waals surface area contributed by atoms with E-state index in [9.17, 15) is 4.79 Å². The van der Waals surface area contributed by atoms with Crippen molar-refractivity contribution in [2.75, 3.05) is 0 Å². The van der Waals surface area contributed by atoms with Crippen LogP contribution in [0.25, 0.3) is 23.1 Å². The first-order valence-corrected chi connectivity index (χ1v) is 6.89. The highest BCUT2D eigenvalue weighted by Crippen LogP contribution is 2.15. The van der Waals surface area contributed by atoms with E-state index in [0.717, 1.165) is 16.5 Å². The van der Waals surface area contributed by atoms with Crippen molar-refractivity contribution in [3.05, 3.63) is 66.1 Å². The monoisotopic (exact) mass is 290 g/mol. The molecule has 3 aromatic rings. The molecule has 2 aromatic carbocycles. The number of carbonyl (C=O) groups is 1. The molecule has 0 spiro atoms. The highest BCUT2D eigenvalue weighted by atomic mass is 16.5. The summed E-state index contributed by atoms with van der Waals surface area (Å²) in [6, 6.07) is 15.1. The average Bonchev–Trinajstić information content (AvgIpc) is 2.53. The lowest BCUT2D eigenvalue weighted by molar-refractivity contribution is -0.131. The van der Waals surface area contributed by atoms with Gasteiger partial charge in [-0.15, -0.1) is 0 Å². The molecule has 0 aliphatic heterocycles. The Bertz CT molecular complexity index is 839. The van der Waals surface area contributed by atoms with Gasteiger partial charge < -0.3 is 4.74 Å². The number of rotatable bonds is 3. The van der Waals surface area contributed by atoms with E-state index in [1.807, 2.05) is 54.7 Å². The summed E-state index contributed by atoms with van der Waals surface area (Å²) in [7, 11) is 0. The van der Waals surface area contributed by atoms with Gasteiger partial charge in [0.05, 0.1) is 5.52 Å². The van der Waals surface area contributed by atoms with Gasteiger partial charge in [-0.1, -0.05) is 36.4 Å². The maximum atomic E-state index is 10.9. The molecule has 3 rings (SSSR count). The second-order valence-corrected chi connectivity index (χ2v) is 4.78. The molecule has 0 N–H and O–H groups in total. The number of ether oxygens (including phenoxy) is 1. The summed E-state index contributed by atoms with van der Waals surface area (Å²) in [6.07, 6.45) is 5.58. The number of fused-ring (bicyclic) bond motifs is 1. The smallest absolute Gasteiger partial charge is 0.308 e. The number of aromatic nitrogens is 2. The zero-order valence-corrected chi connectivity index (χ0v) is 12.1. The SMILES string of the molecule is CC(=O)Oc1ccc(/C=C/c2ncc3ccccc3n2)cc1. The van der Waals surface area contributed by atoms with Gasteiger partial charge in [-0.2, -0.15) is 0 Å². The van der Waals surface area contributed by atoms with Crippen LogP contribution in [0.3, 0.4) is 0 Å². The summed E-state index contributed by atoms with van der Waals surface area (Å²) < 4.78 is 4.99. The number of hydrogen-bond donors (Lipinski definition) is 0. The number of nitrogens with zero attached hydrogens (tertiary/aromatic N) is 2. The van der Waals surface area contributed by atoms with Crippen molar-refractivity contribution in [1.82, 2.24) is 9.97 Å². The van der Waals surface area contributed by atoms with Crippen LogP contribution in [0.1, 0.15) is 18.3 Å². The minimum Gasteiger partial charge on any atom is -0.427 e. The van der Waals surface area contributed by atoms with E-state index < -0.39 is 0 Å². The minimum atomic E-state index is -0.326. The van der Waals surface area contributed by atoms with Gasteiger partial charge in [0.15, 0.2) is 5.82 Å². The van der Waals surface area contributed by atoms with Crippen LogP contribution in [0.15, 0.2) is 54.7 Å². The van der Waals surface area contributed by atoms with Crippen LogP contribution in [0.2, 0.25) is 0 Å². The second kappa shape index (κ2) is 6.18. The average molecular weight is 290 g/mol. The summed E-state index contributed by atoms with van der Waals surface area (Å²) in [6.45, 7) is 1.38. The van der Waals surface area contributed by atoms with E-state index in [2.05, 4.69) is 9.97 Å². The van der Waals surface area contributed by atoms with Crippen LogP contribution in [0, 0.1) is 0 Å². The van der Waals surface area contributed by atoms with Crippen molar-refractivity contribution in [3.8, 4) is 5.75 Å². The predicted octanol–water partition coefficient (Wildman–Crippen LogP) is 3.73. The number of benzene rings is 2. The highest BCUT2D eigenvalue weighted by molar-refractivity contribution is 5.79. The van der Waals surface area contributed by atoms with E-state index in [-0.39, 0.29) is 5.97 Å². The van der Waals surface area contributed by atoms with Crippen molar-refractivity contribution < 1.29 is 9.53 Å². The Kier molecular flexibility index (Phi) is 3.92. The van der Waals surface area contributed by atoms with E-state index in [4.69, 9.17) is 4.74 Å². The molecule has 4 nitrogen and oxygen atoms in total. The Balaban J connectivity index is 1.78. The van der Waals surface area contributed by atoms with Gasteiger partial charge in [-0.25, -0.2) is 9.97 Å². The summed E-state index contributed by atoms with van der Waals surface area (Å²) in [5.41, 5.74) is 1.90. The maximum absolute atomic E-state index is 10.9. The molecule has 1 heterocycles. The maximum Gasteiger partial charge on any atom is 0.308 e. The lowest BCUT2D eigenvalue weighted by atomic mass is 10.2. The third-order valence-corrected chi connectivity index (χ3v) is 3.07. The number of para-hydroxylation sites is 1. The molecule has 0 radical (unpaired) electrons. The number of carbonyl (C=O) groups excluding carboxylic acids is 1. The Morgan fingerprint density at radius 1 is 1.05 bits per heavy atom. The molecule has 0 unspecified atom stereocenters. The van der Waals surface area contributed by atoms with Crippen LogP contribution >= 0.6 is 0 Å². The molecule has 0 atom stereocenters. The zero-order chi connectivity index (χ0) is 15.4. The van der Waals surface area contributed by atoms with Crippen LogP contribution in [-0.2, 0) is 4.79 Å². The Labute approximate surface area is 128 Å². The molecule has 0 saturated carbocycles. The van der Waals surface area contributed by atoms with Crippen molar-refractivity contribution in [2.24, 2.45) is 0 Å². The fraction of sp³-hybridized carbons (Fsp3) is 0.0556. The normalized spacial score (nSPS) is 11.0. The molecule has 0 saturated heterocycles. The third-order valence-electron chi connectivity index (χ3n) is 3.07. The molecule has 108 valence electrons. The lowest BCUT2D eigenvalue weighted by Crippen LogP contribution is -2.00. The fourth-order valence-electron chi connectivity index (χ4n) is 2.05. The Hall–Kier alpha value is -3.01. The molecule has 0 aliphatic carbocycles. The molecular weight excluding hydrogens is 276 g/mol. The largest absolute Gasteiger partial charge is 0.427 e. The second-order valence-electron chi connectivity index (χ2n) is 4.78. The molecule has 0 fully saturated rings. The van der Waals surface area contributed by atoms with Gasteiger partial charge in [-0.3, -0.25) is 4.79 Å². The van der Waals surface area contributed by atoms with Crippen molar-refractivity contribution >= 4 is 29.0 Å². The summed E-state index contributed by atoms with van der Waals surface area (Å²) in [5.74, 6) is 0.863. The fourth-order valence-corrected chi connectivity index (χ4v) is 2.05. The van der Waals surface area contributed by atoms with Crippen LogP contribution in [0.4, 0.5) is 0 Å². The van der Waals surface area contributed by atoms with Gasteiger partial charge in [0.1, 0.15) is 5.75 Å². The van der Waals surface area contributed by atoms with Crippen LogP contribution in [0.5, 0.6) is 5.75 Å². The minimum absolute atomic E-state index is 0.326. The zero-order valence-electron chi connectivity index (χ0n) is 12.1. The van der Waals surface area contributed by atoms with Crippen molar-refractivity contribution in [1.29, 1.82) is 0 Å². The van der Waals surface area contributed by atoms with Gasteiger partial charge in [-0.05, 0) is 29.8 Å². The summed E-state index contributed by atoms with van der Waals surface area (Å²) >= 11 is 0.